The maximum atomic E-state index is 13.8. The van der Waals surface area contributed by atoms with Crippen molar-refractivity contribution in [1.82, 2.24) is 0 Å². The van der Waals surface area contributed by atoms with E-state index in [0.717, 1.165) is 6.07 Å². The lowest BCUT2D eigenvalue weighted by atomic mass is 9.80. The first-order chi connectivity index (χ1) is 10.4. The maximum absolute atomic E-state index is 13.8. The second-order valence-electron chi connectivity index (χ2n) is 5.13. The molecule has 6 heteroatoms. The fraction of sp³-hybridized carbons (Fsp3) is 0.188. The molecule has 0 aliphatic carbocycles. The molecule has 2 aromatic rings. The molecule has 0 amide bonds. The van der Waals surface area contributed by atoms with Crippen LogP contribution < -0.4 is 4.74 Å². The van der Waals surface area contributed by atoms with E-state index in [1.54, 1.807) is 37.3 Å². The number of carbonyl (C=O) groups is 1. The van der Waals surface area contributed by atoms with Gasteiger partial charge in [0.2, 0.25) is 5.60 Å². The van der Waals surface area contributed by atoms with E-state index in [1.165, 1.54) is 0 Å². The number of hydrogen-bond donors (Lipinski definition) is 1. The molecule has 0 saturated carbocycles. The van der Waals surface area contributed by atoms with Crippen LogP contribution in [0.15, 0.2) is 40.9 Å². The Bertz CT molecular complexity index is 766. The Morgan fingerprint density at radius 1 is 1.41 bits per heavy atom. The number of fused-ring (bicyclic) bond motifs is 1. The third-order valence-electron chi connectivity index (χ3n) is 4.00. The minimum absolute atomic E-state index is 0.0801. The minimum Gasteiger partial charge on any atom is -0.478 e. The summed E-state index contributed by atoms with van der Waals surface area (Å²) < 4.78 is 19.9. The maximum Gasteiger partial charge on any atom is 0.353 e. The van der Waals surface area contributed by atoms with Gasteiger partial charge in [-0.2, -0.15) is 0 Å². The zero-order chi connectivity index (χ0) is 16.1. The Morgan fingerprint density at radius 2 is 2.05 bits per heavy atom. The molecule has 0 bridgehead atoms. The molecule has 0 radical (unpaired) electrons. The molecule has 0 aromatic heterocycles. The summed E-state index contributed by atoms with van der Waals surface area (Å²) in [5.74, 6) is -2.15. The van der Waals surface area contributed by atoms with Crippen LogP contribution in [0.3, 0.4) is 0 Å². The van der Waals surface area contributed by atoms with Crippen molar-refractivity contribution in [3.63, 3.8) is 0 Å². The van der Waals surface area contributed by atoms with E-state index in [0.29, 0.717) is 15.6 Å². The number of halogens is 3. The summed E-state index contributed by atoms with van der Waals surface area (Å²) >= 11 is 9.17. The summed E-state index contributed by atoms with van der Waals surface area (Å²) in [5.41, 5.74) is -0.559. The predicted molar refractivity (Wildman–Crippen MR) is 83.9 cm³/mol. The molecule has 3 rings (SSSR count). The Labute approximate surface area is 139 Å². The van der Waals surface area contributed by atoms with Crippen molar-refractivity contribution in [2.45, 2.75) is 18.4 Å². The second kappa shape index (κ2) is 5.25. The number of benzene rings is 2. The summed E-state index contributed by atoms with van der Waals surface area (Å²) in [5, 5.41) is 9.74. The van der Waals surface area contributed by atoms with E-state index in [9.17, 15) is 14.3 Å². The van der Waals surface area contributed by atoms with Crippen molar-refractivity contribution in [3.05, 3.63) is 62.8 Å². The highest BCUT2D eigenvalue weighted by molar-refractivity contribution is 9.10. The molecule has 2 atom stereocenters. The largest absolute Gasteiger partial charge is 0.478 e. The first kappa shape index (κ1) is 15.3. The summed E-state index contributed by atoms with van der Waals surface area (Å²) in [7, 11) is 0. The molecule has 114 valence electrons. The molecular formula is C16H11BrClFO3. The molecule has 22 heavy (non-hydrogen) atoms. The van der Waals surface area contributed by atoms with Crippen LogP contribution in [0.1, 0.15) is 24.0 Å². The first-order valence-corrected chi connectivity index (χ1v) is 7.72. The Hall–Kier alpha value is -1.59. The van der Waals surface area contributed by atoms with Gasteiger partial charge in [0.25, 0.3) is 0 Å². The topological polar surface area (TPSA) is 46.5 Å². The summed E-state index contributed by atoms with van der Waals surface area (Å²) in [6.45, 7) is 1.73. The molecule has 0 saturated heterocycles. The zero-order valence-corrected chi connectivity index (χ0v) is 13.8. The van der Waals surface area contributed by atoms with E-state index < -0.39 is 23.3 Å². The standard InChI is InChI=1S/C16H11BrClFO3/c1-8-12-11(7-10(19)14(18)13(12)17)22-16(8,15(20)21)9-5-3-2-4-6-9/h2-8H,1H3,(H,20,21)/t8-,16-/m0/s1. The quantitative estimate of drug-likeness (QED) is 0.761. The molecule has 1 aliphatic heterocycles. The van der Waals surface area contributed by atoms with Gasteiger partial charge in [-0.3, -0.25) is 0 Å². The molecule has 0 fully saturated rings. The molecule has 2 aromatic carbocycles. The Morgan fingerprint density at radius 3 is 2.64 bits per heavy atom. The van der Waals surface area contributed by atoms with Gasteiger partial charge in [-0.05, 0) is 15.9 Å². The first-order valence-electron chi connectivity index (χ1n) is 6.55. The SMILES string of the molecule is C[C@H]1c2c(cc(F)c(Cl)c2Br)O[C@]1(C(=O)O)c1ccccc1. The molecule has 1 aliphatic rings. The third kappa shape index (κ3) is 1.96. The second-order valence-corrected chi connectivity index (χ2v) is 6.30. The van der Waals surface area contributed by atoms with Crippen LogP contribution in [-0.2, 0) is 10.4 Å². The van der Waals surface area contributed by atoms with Crippen molar-refractivity contribution in [1.29, 1.82) is 0 Å². The number of hydrogen-bond acceptors (Lipinski definition) is 2. The van der Waals surface area contributed by atoms with E-state index in [2.05, 4.69) is 15.9 Å². The van der Waals surface area contributed by atoms with Gasteiger partial charge < -0.3 is 9.84 Å². The molecule has 0 spiro atoms. The van der Waals surface area contributed by atoms with E-state index in [4.69, 9.17) is 16.3 Å². The summed E-state index contributed by atoms with van der Waals surface area (Å²) in [6, 6.07) is 9.76. The van der Waals surface area contributed by atoms with Gasteiger partial charge in [0.05, 0.1) is 5.02 Å². The highest BCUT2D eigenvalue weighted by atomic mass is 79.9. The normalized spacial score (nSPS) is 23.0. The number of carboxylic acids is 1. The lowest BCUT2D eigenvalue weighted by Gasteiger charge is -2.29. The molecule has 0 unspecified atom stereocenters. The molecular weight excluding hydrogens is 375 g/mol. The number of rotatable bonds is 2. The van der Waals surface area contributed by atoms with Gasteiger partial charge >= 0.3 is 5.97 Å². The number of carboxylic acid groups (broad SMARTS) is 1. The van der Waals surface area contributed by atoms with Gasteiger partial charge in [0.15, 0.2) is 0 Å². The fourth-order valence-electron chi connectivity index (χ4n) is 2.89. The molecule has 1 N–H and O–H groups in total. The van der Waals surface area contributed by atoms with Crippen molar-refractivity contribution in [2.24, 2.45) is 0 Å². The van der Waals surface area contributed by atoms with Gasteiger partial charge in [-0.1, -0.05) is 48.9 Å². The zero-order valence-electron chi connectivity index (χ0n) is 11.4. The molecule has 1 heterocycles. The van der Waals surface area contributed by atoms with Crippen LogP contribution >= 0.6 is 27.5 Å². The van der Waals surface area contributed by atoms with Gasteiger partial charge in [0.1, 0.15) is 11.6 Å². The average molecular weight is 386 g/mol. The third-order valence-corrected chi connectivity index (χ3v) is 5.42. The summed E-state index contributed by atoms with van der Waals surface area (Å²) in [4.78, 5) is 12.0. The van der Waals surface area contributed by atoms with Crippen molar-refractivity contribution in [3.8, 4) is 5.75 Å². The minimum atomic E-state index is -1.61. The Balaban J connectivity index is 2.25. The van der Waals surface area contributed by atoms with E-state index >= 15 is 0 Å². The predicted octanol–water partition coefficient (Wildman–Crippen LogP) is 4.72. The van der Waals surface area contributed by atoms with Gasteiger partial charge in [0, 0.05) is 27.6 Å². The highest BCUT2D eigenvalue weighted by Gasteiger charge is 2.55. The lowest BCUT2D eigenvalue weighted by molar-refractivity contribution is -0.156. The van der Waals surface area contributed by atoms with Crippen molar-refractivity contribution >= 4 is 33.5 Å². The summed E-state index contributed by atoms with van der Waals surface area (Å²) in [6.07, 6.45) is 0. The number of ether oxygens (including phenoxy) is 1. The Kier molecular flexibility index (Phi) is 3.65. The van der Waals surface area contributed by atoms with Crippen molar-refractivity contribution in [2.75, 3.05) is 0 Å². The average Bonchev–Trinajstić information content (AvgIpc) is 2.79. The van der Waals surface area contributed by atoms with Crippen LogP contribution in [0.4, 0.5) is 4.39 Å². The van der Waals surface area contributed by atoms with Gasteiger partial charge in [-0.15, -0.1) is 0 Å². The van der Waals surface area contributed by atoms with Crippen molar-refractivity contribution < 1.29 is 19.0 Å². The van der Waals surface area contributed by atoms with E-state index in [-0.39, 0.29) is 10.8 Å². The van der Waals surface area contributed by atoms with E-state index in [1.807, 2.05) is 0 Å². The van der Waals surface area contributed by atoms with Crippen LogP contribution in [0.25, 0.3) is 0 Å². The van der Waals surface area contributed by atoms with Crippen LogP contribution in [0, 0.1) is 5.82 Å². The smallest absolute Gasteiger partial charge is 0.353 e. The highest BCUT2D eigenvalue weighted by Crippen LogP contribution is 2.54. The number of aliphatic carboxylic acids is 1. The molecule has 3 nitrogen and oxygen atoms in total. The van der Waals surface area contributed by atoms with Crippen LogP contribution in [0.5, 0.6) is 5.75 Å². The van der Waals surface area contributed by atoms with Crippen LogP contribution in [-0.4, -0.2) is 11.1 Å². The van der Waals surface area contributed by atoms with Crippen LogP contribution in [0.2, 0.25) is 5.02 Å². The fourth-order valence-corrected chi connectivity index (χ4v) is 3.77. The monoisotopic (exact) mass is 384 g/mol. The van der Waals surface area contributed by atoms with Gasteiger partial charge in [-0.25, -0.2) is 9.18 Å². The lowest BCUT2D eigenvalue weighted by Crippen LogP contribution is -2.42.